The molecule has 2 aliphatic rings. The highest BCUT2D eigenvalue weighted by atomic mass is 35.5. The monoisotopic (exact) mass is 397 g/mol. The molecule has 1 aliphatic carbocycles. The average Bonchev–Trinajstić information content (AvgIpc) is 3.11. The fourth-order valence-corrected chi connectivity index (χ4v) is 3.99. The number of amides is 2. The summed E-state index contributed by atoms with van der Waals surface area (Å²) in [5, 5.41) is 3.21. The minimum atomic E-state index is -0.300. The minimum absolute atomic E-state index is 0.0656. The molecule has 0 radical (unpaired) electrons. The van der Waals surface area contributed by atoms with E-state index in [1.807, 2.05) is 24.3 Å². The first-order valence-electron chi connectivity index (χ1n) is 9.18. The van der Waals surface area contributed by atoms with Gasteiger partial charge in [0, 0.05) is 11.4 Å². The molecule has 0 aromatic heterocycles. The predicted molar refractivity (Wildman–Crippen MR) is 110 cm³/mol. The number of anilines is 2. The Kier molecular flexibility index (Phi) is 5.05. The first-order chi connectivity index (χ1) is 13.6. The molecular weight excluding hydrogens is 378 g/mol. The fraction of sp³-hybridized carbons (Fsp3) is 0.286. The quantitative estimate of drug-likeness (QED) is 0.840. The molecule has 1 fully saturated rings. The second-order valence-electron chi connectivity index (χ2n) is 6.86. The van der Waals surface area contributed by atoms with Crippen molar-refractivity contribution in [3.8, 4) is 5.75 Å². The molecule has 2 aromatic carbocycles. The standard InChI is InChI=1S/C21H20ClN3O3/c1-28-19-10-9-13(11-15(19)22)23-20(26)12-25-18-8-3-2-6-17(18)24-16-7-4-5-14(16)21(25)27/h2-3,6,8-11,14H,4-5,7,12H2,1H3,(H,23,26)/t14-/m0/s1. The topological polar surface area (TPSA) is 71.0 Å². The zero-order valence-corrected chi connectivity index (χ0v) is 16.2. The third-order valence-electron chi connectivity index (χ3n) is 5.07. The second kappa shape index (κ2) is 7.64. The van der Waals surface area contributed by atoms with Crippen molar-refractivity contribution in [2.24, 2.45) is 10.9 Å². The van der Waals surface area contributed by atoms with Gasteiger partial charge in [0.05, 0.1) is 29.4 Å². The summed E-state index contributed by atoms with van der Waals surface area (Å²) >= 11 is 6.12. The van der Waals surface area contributed by atoms with Crippen LogP contribution in [0.4, 0.5) is 17.1 Å². The van der Waals surface area contributed by atoms with Gasteiger partial charge in [-0.3, -0.25) is 14.6 Å². The van der Waals surface area contributed by atoms with Crippen LogP contribution in [0, 0.1) is 5.92 Å². The fourth-order valence-electron chi connectivity index (χ4n) is 3.73. The summed E-state index contributed by atoms with van der Waals surface area (Å²) in [5.41, 5.74) is 2.86. The summed E-state index contributed by atoms with van der Waals surface area (Å²) in [4.78, 5) is 32.1. The van der Waals surface area contributed by atoms with Gasteiger partial charge in [-0.05, 0) is 49.6 Å². The summed E-state index contributed by atoms with van der Waals surface area (Å²) in [6.45, 7) is -0.0845. The Hall–Kier alpha value is -2.86. The molecule has 144 valence electrons. The number of nitrogens with zero attached hydrogens (tertiary/aromatic N) is 2. The van der Waals surface area contributed by atoms with Crippen molar-refractivity contribution >= 4 is 46.2 Å². The first kappa shape index (κ1) is 18.5. The van der Waals surface area contributed by atoms with Crippen LogP contribution in [0.5, 0.6) is 5.75 Å². The van der Waals surface area contributed by atoms with E-state index in [0.717, 1.165) is 30.7 Å². The molecule has 1 heterocycles. The van der Waals surface area contributed by atoms with Crippen LogP contribution in [0.3, 0.4) is 0 Å². The smallest absolute Gasteiger partial charge is 0.244 e. The minimum Gasteiger partial charge on any atom is -0.495 e. The van der Waals surface area contributed by atoms with Crippen molar-refractivity contribution in [1.29, 1.82) is 0 Å². The third kappa shape index (κ3) is 3.47. The molecule has 6 nitrogen and oxygen atoms in total. The first-order valence-corrected chi connectivity index (χ1v) is 9.56. The molecule has 0 unspecified atom stereocenters. The third-order valence-corrected chi connectivity index (χ3v) is 5.36. The lowest BCUT2D eigenvalue weighted by Gasteiger charge is -2.24. The van der Waals surface area contributed by atoms with E-state index < -0.39 is 0 Å². The van der Waals surface area contributed by atoms with Gasteiger partial charge in [-0.2, -0.15) is 0 Å². The highest BCUT2D eigenvalue weighted by Gasteiger charge is 2.37. The Morgan fingerprint density at radius 2 is 2.14 bits per heavy atom. The lowest BCUT2D eigenvalue weighted by atomic mass is 10.1. The Balaban J connectivity index is 1.57. The van der Waals surface area contributed by atoms with Crippen molar-refractivity contribution in [3.63, 3.8) is 0 Å². The highest BCUT2D eigenvalue weighted by molar-refractivity contribution is 6.32. The van der Waals surface area contributed by atoms with Crippen LogP contribution in [0.25, 0.3) is 0 Å². The number of nitrogens with one attached hydrogen (secondary N) is 1. The van der Waals surface area contributed by atoms with E-state index in [2.05, 4.69) is 5.32 Å². The molecule has 7 heteroatoms. The van der Waals surface area contributed by atoms with Gasteiger partial charge >= 0.3 is 0 Å². The van der Waals surface area contributed by atoms with E-state index in [4.69, 9.17) is 21.3 Å². The number of halogens is 1. The number of rotatable bonds is 4. The van der Waals surface area contributed by atoms with Gasteiger partial charge < -0.3 is 15.0 Å². The van der Waals surface area contributed by atoms with Gasteiger partial charge in [0.1, 0.15) is 12.3 Å². The van der Waals surface area contributed by atoms with Crippen molar-refractivity contribution in [1.82, 2.24) is 0 Å². The largest absolute Gasteiger partial charge is 0.495 e. The van der Waals surface area contributed by atoms with Crippen molar-refractivity contribution in [3.05, 3.63) is 47.5 Å². The summed E-state index contributed by atoms with van der Waals surface area (Å²) in [6.07, 6.45) is 2.55. The van der Waals surface area contributed by atoms with Gasteiger partial charge in [-0.15, -0.1) is 0 Å². The molecule has 1 saturated carbocycles. The van der Waals surface area contributed by atoms with Gasteiger partial charge in [-0.1, -0.05) is 23.7 Å². The molecule has 1 aliphatic heterocycles. The summed E-state index contributed by atoms with van der Waals surface area (Å²) in [7, 11) is 1.53. The van der Waals surface area contributed by atoms with Crippen LogP contribution in [0.1, 0.15) is 19.3 Å². The Morgan fingerprint density at radius 3 is 2.93 bits per heavy atom. The number of ether oxygens (including phenoxy) is 1. The molecule has 0 spiro atoms. The number of hydrogen-bond acceptors (Lipinski definition) is 4. The summed E-state index contributed by atoms with van der Waals surface area (Å²) in [6, 6.07) is 12.5. The molecule has 28 heavy (non-hydrogen) atoms. The molecule has 2 aromatic rings. The zero-order chi connectivity index (χ0) is 19.7. The molecule has 1 atom stereocenters. The van der Waals surface area contributed by atoms with Gasteiger partial charge in [-0.25, -0.2) is 0 Å². The van der Waals surface area contributed by atoms with Crippen molar-refractivity contribution in [2.45, 2.75) is 19.3 Å². The maximum absolute atomic E-state index is 13.1. The van der Waals surface area contributed by atoms with Crippen LogP contribution >= 0.6 is 11.6 Å². The lowest BCUT2D eigenvalue weighted by Crippen LogP contribution is -2.41. The maximum atomic E-state index is 13.1. The highest BCUT2D eigenvalue weighted by Crippen LogP contribution is 2.37. The number of benzene rings is 2. The molecular formula is C21H20ClN3O3. The van der Waals surface area contributed by atoms with E-state index in [9.17, 15) is 9.59 Å². The molecule has 1 N–H and O–H groups in total. The normalized spacial score (nSPS) is 18.1. The van der Waals surface area contributed by atoms with E-state index in [1.165, 1.54) is 7.11 Å². The van der Waals surface area contributed by atoms with Crippen LogP contribution in [0.15, 0.2) is 47.5 Å². The number of aliphatic imine (C=N–C) groups is 1. The summed E-state index contributed by atoms with van der Waals surface area (Å²) < 4.78 is 5.12. The predicted octanol–water partition coefficient (Wildman–Crippen LogP) is 4.21. The summed E-state index contributed by atoms with van der Waals surface area (Å²) in [5.74, 6) is -0.0761. The number of fused-ring (bicyclic) bond motifs is 2. The molecule has 4 rings (SSSR count). The molecule has 0 bridgehead atoms. The Morgan fingerprint density at radius 1 is 1.32 bits per heavy atom. The van der Waals surface area contributed by atoms with Gasteiger partial charge in [0.25, 0.3) is 0 Å². The zero-order valence-electron chi connectivity index (χ0n) is 15.4. The van der Waals surface area contributed by atoms with Gasteiger partial charge in [0.2, 0.25) is 11.8 Å². The van der Waals surface area contributed by atoms with E-state index in [-0.39, 0.29) is 24.3 Å². The lowest BCUT2D eigenvalue weighted by molar-refractivity contribution is -0.122. The maximum Gasteiger partial charge on any atom is 0.244 e. The molecule has 0 saturated heterocycles. The number of methoxy groups -OCH3 is 1. The Labute approximate surface area is 168 Å². The van der Waals surface area contributed by atoms with Crippen LogP contribution in [-0.2, 0) is 9.59 Å². The number of para-hydroxylation sites is 2. The molecule has 2 amide bonds. The Bertz CT molecular complexity index is 973. The van der Waals surface area contributed by atoms with E-state index >= 15 is 0 Å². The second-order valence-corrected chi connectivity index (χ2v) is 7.27. The van der Waals surface area contributed by atoms with E-state index in [1.54, 1.807) is 23.1 Å². The SMILES string of the molecule is COc1ccc(NC(=O)CN2C(=O)[C@H]3CCCC3=Nc3ccccc32)cc1Cl. The van der Waals surface area contributed by atoms with Crippen LogP contribution in [0.2, 0.25) is 5.02 Å². The van der Waals surface area contributed by atoms with Crippen LogP contribution in [-0.4, -0.2) is 31.2 Å². The van der Waals surface area contributed by atoms with E-state index in [0.29, 0.717) is 22.1 Å². The number of carbonyl (C=O) groups is 2. The number of carbonyl (C=O) groups excluding carboxylic acids is 2. The van der Waals surface area contributed by atoms with Crippen LogP contribution < -0.4 is 15.0 Å². The van der Waals surface area contributed by atoms with Crippen molar-refractivity contribution in [2.75, 3.05) is 23.9 Å². The van der Waals surface area contributed by atoms with Crippen molar-refractivity contribution < 1.29 is 14.3 Å². The average molecular weight is 398 g/mol. The number of hydrogen-bond donors (Lipinski definition) is 1. The van der Waals surface area contributed by atoms with Gasteiger partial charge in [0.15, 0.2) is 0 Å².